The van der Waals surface area contributed by atoms with Gasteiger partial charge < -0.3 is 9.84 Å². The van der Waals surface area contributed by atoms with E-state index in [1.807, 2.05) is 0 Å². The molecule has 104 valence electrons. The molecule has 0 radical (unpaired) electrons. The van der Waals surface area contributed by atoms with Gasteiger partial charge in [0.25, 0.3) is 0 Å². The van der Waals surface area contributed by atoms with Crippen LogP contribution in [0.2, 0.25) is 0 Å². The predicted molar refractivity (Wildman–Crippen MR) is 72.7 cm³/mol. The molecule has 0 unspecified atom stereocenters. The van der Waals surface area contributed by atoms with Crippen LogP contribution in [-0.4, -0.2) is 33.1 Å². The molecule has 0 aliphatic carbocycles. The molecular weight excluding hydrogens is 338 g/mol. The molecule has 19 heavy (non-hydrogen) atoms. The first-order valence-corrected chi connectivity index (χ1v) is 7.30. The largest absolute Gasteiger partial charge is 0.507 e. The van der Waals surface area contributed by atoms with Crippen LogP contribution in [0.3, 0.4) is 0 Å². The smallest absolute Gasteiger partial charge is 0.341 e. The molecule has 6 nitrogen and oxygen atoms in total. The van der Waals surface area contributed by atoms with Gasteiger partial charge in [-0.25, -0.2) is 17.9 Å². The Morgan fingerprint density at radius 2 is 2.16 bits per heavy atom. The number of phenolic OH excluding ortho intramolecular Hbond substituents is 1. The topological polar surface area (TPSA) is 92.7 Å². The molecule has 0 heterocycles. The van der Waals surface area contributed by atoms with Crippen molar-refractivity contribution in [1.82, 2.24) is 4.72 Å². The van der Waals surface area contributed by atoms with Gasteiger partial charge in [-0.05, 0) is 18.2 Å². The van der Waals surface area contributed by atoms with Crippen LogP contribution in [0, 0.1) is 0 Å². The zero-order chi connectivity index (χ0) is 14.6. The van der Waals surface area contributed by atoms with Crippen LogP contribution in [-0.2, 0) is 14.8 Å². The molecular formula is C11H12BrNO5S. The van der Waals surface area contributed by atoms with E-state index in [9.17, 15) is 18.3 Å². The molecule has 8 heteroatoms. The summed E-state index contributed by atoms with van der Waals surface area (Å²) in [5, 5.41) is 9.48. The lowest BCUT2D eigenvalue weighted by Crippen LogP contribution is -2.25. The van der Waals surface area contributed by atoms with Gasteiger partial charge in [-0.15, -0.1) is 0 Å². The number of rotatable bonds is 5. The molecule has 0 fully saturated rings. The number of aromatic hydroxyl groups is 1. The van der Waals surface area contributed by atoms with Crippen molar-refractivity contribution in [3.05, 3.63) is 34.8 Å². The average Bonchev–Trinajstić information content (AvgIpc) is 2.36. The number of sulfonamides is 1. The van der Waals surface area contributed by atoms with Crippen molar-refractivity contribution in [3.8, 4) is 5.75 Å². The highest BCUT2D eigenvalue weighted by atomic mass is 79.9. The van der Waals surface area contributed by atoms with Crippen molar-refractivity contribution >= 4 is 31.9 Å². The Bertz CT molecular complexity index is 612. The van der Waals surface area contributed by atoms with Gasteiger partial charge in [-0.3, -0.25) is 0 Å². The SMILES string of the molecule is C=C(Br)CNS(=O)(=O)c1ccc(O)c(C(=O)OC)c1. The second-order valence-corrected chi connectivity index (χ2v) is 6.40. The number of nitrogens with one attached hydrogen (secondary N) is 1. The summed E-state index contributed by atoms with van der Waals surface area (Å²) in [6.45, 7) is 3.51. The van der Waals surface area contributed by atoms with Crippen LogP contribution in [0.15, 0.2) is 34.2 Å². The summed E-state index contributed by atoms with van der Waals surface area (Å²) in [5.74, 6) is -1.17. The third kappa shape index (κ3) is 4.05. The van der Waals surface area contributed by atoms with Crippen LogP contribution < -0.4 is 4.72 Å². The summed E-state index contributed by atoms with van der Waals surface area (Å²) >= 11 is 3.02. The van der Waals surface area contributed by atoms with E-state index in [0.717, 1.165) is 19.2 Å². The molecule has 0 amide bonds. The van der Waals surface area contributed by atoms with Crippen LogP contribution in [0.25, 0.3) is 0 Å². The van der Waals surface area contributed by atoms with E-state index in [1.54, 1.807) is 0 Å². The molecule has 0 spiro atoms. The van der Waals surface area contributed by atoms with Crippen molar-refractivity contribution in [1.29, 1.82) is 0 Å². The number of carbonyl (C=O) groups excluding carboxylic acids is 1. The molecule has 1 aromatic rings. The lowest BCUT2D eigenvalue weighted by Gasteiger charge is -2.08. The van der Waals surface area contributed by atoms with Gasteiger partial charge in [-0.1, -0.05) is 22.5 Å². The fourth-order valence-electron chi connectivity index (χ4n) is 1.21. The maximum absolute atomic E-state index is 11.9. The van der Waals surface area contributed by atoms with Crippen molar-refractivity contribution < 1.29 is 23.1 Å². The van der Waals surface area contributed by atoms with Gasteiger partial charge >= 0.3 is 5.97 Å². The quantitative estimate of drug-likeness (QED) is 0.783. The molecule has 0 saturated carbocycles. The number of hydrogen-bond acceptors (Lipinski definition) is 5. The lowest BCUT2D eigenvalue weighted by molar-refractivity contribution is 0.0597. The van der Waals surface area contributed by atoms with E-state index >= 15 is 0 Å². The highest BCUT2D eigenvalue weighted by Crippen LogP contribution is 2.22. The van der Waals surface area contributed by atoms with Crippen molar-refractivity contribution in [2.75, 3.05) is 13.7 Å². The van der Waals surface area contributed by atoms with Crippen LogP contribution >= 0.6 is 15.9 Å². The highest BCUT2D eigenvalue weighted by molar-refractivity contribution is 9.11. The van der Waals surface area contributed by atoms with Crippen LogP contribution in [0.4, 0.5) is 0 Å². The predicted octanol–water partition coefficient (Wildman–Crippen LogP) is 1.37. The Hall–Kier alpha value is -1.38. The summed E-state index contributed by atoms with van der Waals surface area (Å²) in [5.41, 5.74) is -0.219. The second-order valence-electron chi connectivity index (χ2n) is 3.51. The summed E-state index contributed by atoms with van der Waals surface area (Å²) in [4.78, 5) is 11.2. The van der Waals surface area contributed by atoms with E-state index < -0.39 is 16.0 Å². The molecule has 0 aromatic heterocycles. The Labute approximate surface area is 119 Å². The highest BCUT2D eigenvalue weighted by Gasteiger charge is 2.19. The van der Waals surface area contributed by atoms with Crippen LogP contribution in [0.1, 0.15) is 10.4 Å². The monoisotopic (exact) mass is 349 g/mol. The van der Waals surface area contributed by atoms with Gasteiger partial charge in [0.15, 0.2) is 0 Å². The third-order valence-electron chi connectivity index (χ3n) is 2.14. The average molecular weight is 350 g/mol. The minimum atomic E-state index is -3.80. The fraction of sp³-hybridized carbons (Fsp3) is 0.182. The number of halogens is 1. The lowest BCUT2D eigenvalue weighted by atomic mass is 10.2. The van der Waals surface area contributed by atoms with E-state index in [-0.39, 0.29) is 22.8 Å². The summed E-state index contributed by atoms with van der Waals surface area (Å²) in [6.07, 6.45) is 0. The summed E-state index contributed by atoms with van der Waals surface area (Å²) < 4.78 is 31.0. The maximum Gasteiger partial charge on any atom is 0.341 e. The number of hydrogen-bond donors (Lipinski definition) is 2. The van der Waals surface area contributed by atoms with Crippen molar-refractivity contribution in [3.63, 3.8) is 0 Å². The molecule has 0 aliphatic rings. The molecule has 2 N–H and O–H groups in total. The van der Waals surface area contributed by atoms with Gasteiger partial charge in [0.05, 0.1) is 12.0 Å². The number of phenols is 1. The van der Waals surface area contributed by atoms with Crippen molar-refractivity contribution in [2.24, 2.45) is 0 Å². The molecule has 0 aliphatic heterocycles. The number of ether oxygens (including phenoxy) is 1. The van der Waals surface area contributed by atoms with E-state index in [0.29, 0.717) is 4.48 Å². The van der Waals surface area contributed by atoms with E-state index in [1.165, 1.54) is 6.07 Å². The van der Waals surface area contributed by atoms with Gasteiger partial charge in [0.2, 0.25) is 10.0 Å². The first-order chi connectivity index (χ1) is 8.77. The van der Waals surface area contributed by atoms with E-state index in [4.69, 9.17) is 0 Å². The van der Waals surface area contributed by atoms with Crippen LogP contribution in [0.5, 0.6) is 5.75 Å². The zero-order valence-electron chi connectivity index (χ0n) is 10.0. The Morgan fingerprint density at radius 1 is 1.53 bits per heavy atom. The number of carbonyl (C=O) groups is 1. The third-order valence-corrected chi connectivity index (χ3v) is 3.82. The normalized spacial score (nSPS) is 11.1. The zero-order valence-corrected chi connectivity index (χ0v) is 12.4. The minimum absolute atomic E-state index is 0.0107. The number of benzene rings is 1. The molecule has 1 rings (SSSR count). The standard InChI is InChI=1S/C11H12BrNO5S/c1-7(12)6-13-19(16,17)8-3-4-10(14)9(5-8)11(15)18-2/h3-5,13-14H,1,6H2,2H3. The number of esters is 1. The van der Waals surface area contributed by atoms with Gasteiger partial charge in [-0.2, -0.15) is 0 Å². The molecule has 1 aromatic carbocycles. The van der Waals surface area contributed by atoms with Gasteiger partial charge in [0, 0.05) is 11.0 Å². The Morgan fingerprint density at radius 3 is 2.68 bits per heavy atom. The first-order valence-electron chi connectivity index (χ1n) is 5.02. The minimum Gasteiger partial charge on any atom is -0.507 e. The first kappa shape index (κ1) is 15.7. The Balaban J connectivity index is 3.15. The molecule has 0 bridgehead atoms. The molecule has 0 saturated heterocycles. The van der Waals surface area contributed by atoms with Crippen molar-refractivity contribution in [2.45, 2.75) is 4.90 Å². The summed E-state index contributed by atoms with van der Waals surface area (Å²) in [7, 11) is -2.66. The molecule has 0 atom stereocenters. The maximum atomic E-state index is 11.9. The van der Waals surface area contributed by atoms with Gasteiger partial charge in [0.1, 0.15) is 11.3 Å². The fourth-order valence-corrected chi connectivity index (χ4v) is 2.59. The number of methoxy groups -OCH3 is 1. The summed E-state index contributed by atoms with van der Waals surface area (Å²) in [6, 6.07) is 3.34. The van der Waals surface area contributed by atoms with E-state index in [2.05, 4.69) is 32.0 Å². The Kier molecular flexibility index (Phi) is 5.10. The second kappa shape index (κ2) is 6.18.